The van der Waals surface area contributed by atoms with Crippen molar-refractivity contribution in [2.24, 2.45) is 0 Å². The van der Waals surface area contributed by atoms with E-state index >= 15 is 0 Å². The lowest BCUT2D eigenvalue weighted by atomic mass is 10.1. The molecule has 96 valence electrons. The molecule has 0 aliphatic heterocycles. The summed E-state index contributed by atoms with van der Waals surface area (Å²) in [6.07, 6.45) is 14.0. The van der Waals surface area contributed by atoms with E-state index < -0.39 is 0 Å². The van der Waals surface area contributed by atoms with Crippen molar-refractivity contribution >= 4 is 22.9 Å². The second-order valence-corrected chi connectivity index (χ2v) is 4.68. The molecule has 1 aromatic carbocycles. The average molecular weight is 253 g/mol. The summed E-state index contributed by atoms with van der Waals surface area (Å²) in [4.78, 5) is 4.01. The van der Waals surface area contributed by atoms with Gasteiger partial charge in [0.2, 0.25) is 0 Å². The molecule has 0 bridgehead atoms. The highest BCUT2D eigenvalue weighted by Gasteiger charge is 2.09. The Morgan fingerprint density at radius 2 is 1.84 bits per heavy atom. The summed E-state index contributed by atoms with van der Waals surface area (Å²) in [5.41, 5.74) is 0. The first-order valence-electron chi connectivity index (χ1n) is 6.43. The number of phenols is 2. The first kappa shape index (κ1) is 11.8. The first-order valence-corrected chi connectivity index (χ1v) is 6.43. The second kappa shape index (κ2) is 4.76. The molecule has 1 aromatic heterocycles. The largest absolute Gasteiger partial charge is 0.507 e. The number of fused-ring (bicyclic) bond motifs is 2. The highest BCUT2D eigenvalue weighted by molar-refractivity contribution is 5.92. The van der Waals surface area contributed by atoms with Gasteiger partial charge in [0.05, 0.1) is 0 Å². The van der Waals surface area contributed by atoms with Gasteiger partial charge in [-0.1, -0.05) is 24.3 Å². The predicted octanol–water partition coefficient (Wildman–Crippen LogP) is 1.95. The Morgan fingerprint density at radius 3 is 2.74 bits per heavy atom. The molecular weight excluding hydrogens is 238 g/mol. The van der Waals surface area contributed by atoms with Gasteiger partial charge in [0, 0.05) is 33.6 Å². The second-order valence-electron chi connectivity index (χ2n) is 4.68. The van der Waals surface area contributed by atoms with Gasteiger partial charge >= 0.3 is 0 Å². The van der Waals surface area contributed by atoms with Crippen LogP contribution in [0.25, 0.3) is 22.9 Å². The van der Waals surface area contributed by atoms with E-state index in [1.54, 1.807) is 18.5 Å². The van der Waals surface area contributed by atoms with Crippen molar-refractivity contribution in [3.8, 4) is 11.5 Å². The number of hydrogen-bond acceptors (Lipinski definition) is 3. The molecule has 2 aromatic rings. The normalized spacial score (nSPS) is 20.0. The topological polar surface area (TPSA) is 53.4 Å². The third kappa shape index (κ3) is 1.97. The maximum absolute atomic E-state index is 10.4. The van der Waals surface area contributed by atoms with Crippen LogP contribution in [-0.4, -0.2) is 15.2 Å². The van der Waals surface area contributed by atoms with Gasteiger partial charge in [0.1, 0.15) is 11.5 Å². The lowest BCUT2D eigenvalue weighted by Crippen LogP contribution is -2.25. The van der Waals surface area contributed by atoms with Crippen LogP contribution in [0.1, 0.15) is 19.3 Å². The molecular formula is C16H15NO2. The SMILES string of the molecule is Oc1c2/c(c(O)c3cnccc13)=C\C=C/CCC\C=2. The molecule has 3 heteroatoms. The van der Waals surface area contributed by atoms with Crippen LogP contribution in [0, 0.1) is 0 Å². The van der Waals surface area contributed by atoms with Gasteiger partial charge < -0.3 is 10.2 Å². The number of rotatable bonds is 0. The molecule has 3 nitrogen and oxygen atoms in total. The van der Waals surface area contributed by atoms with E-state index in [2.05, 4.69) is 11.1 Å². The Balaban J connectivity index is 2.53. The molecule has 0 unspecified atom stereocenters. The molecule has 1 heterocycles. The third-order valence-electron chi connectivity index (χ3n) is 3.45. The summed E-state index contributed by atoms with van der Waals surface area (Å²) in [7, 11) is 0. The zero-order valence-corrected chi connectivity index (χ0v) is 10.5. The van der Waals surface area contributed by atoms with Crippen LogP contribution in [-0.2, 0) is 0 Å². The van der Waals surface area contributed by atoms with Crippen molar-refractivity contribution in [3.63, 3.8) is 0 Å². The van der Waals surface area contributed by atoms with Gasteiger partial charge in [-0.15, -0.1) is 0 Å². The minimum absolute atomic E-state index is 0.179. The first-order chi connectivity index (χ1) is 9.29. The summed E-state index contributed by atoms with van der Waals surface area (Å²) in [6, 6.07) is 1.72. The zero-order valence-electron chi connectivity index (χ0n) is 10.5. The Labute approximate surface area is 110 Å². The number of pyridine rings is 1. The van der Waals surface area contributed by atoms with Crippen LogP contribution < -0.4 is 10.4 Å². The van der Waals surface area contributed by atoms with E-state index in [0.717, 1.165) is 19.3 Å². The van der Waals surface area contributed by atoms with Crippen molar-refractivity contribution < 1.29 is 10.2 Å². The number of benzene rings is 1. The minimum atomic E-state index is 0.179. The van der Waals surface area contributed by atoms with Crippen LogP contribution in [0.4, 0.5) is 0 Å². The van der Waals surface area contributed by atoms with Crippen LogP contribution in [0.15, 0.2) is 30.6 Å². The molecule has 19 heavy (non-hydrogen) atoms. The predicted molar refractivity (Wildman–Crippen MR) is 76.2 cm³/mol. The fourth-order valence-electron chi connectivity index (χ4n) is 2.45. The van der Waals surface area contributed by atoms with E-state index in [0.29, 0.717) is 21.2 Å². The van der Waals surface area contributed by atoms with Crippen LogP contribution in [0.3, 0.4) is 0 Å². The lowest BCUT2D eigenvalue weighted by molar-refractivity contribution is 0.462. The summed E-state index contributed by atoms with van der Waals surface area (Å²) in [6.45, 7) is 0. The molecule has 0 radical (unpaired) electrons. The smallest absolute Gasteiger partial charge is 0.133 e. The third-order valence-corrected chi connectivity index (χ3v) is 3.45. The molecule has 0 fully saturated rings. The van der Waals surface area contributed by atoms with Crippen molar-refractivity contribution in [1.29, 1.82) is 0 Å². The molecule has 1 aliphatic carbocycles. The van der Waals surface area contributed by atoms with Gasteiger partial charge in [-0.3, -0.25) is 4.98 Å². The summed E-state index contributed by atoms with van der Waals surface area (Å²) >= 11 is 0. The van der Waals surface area contributed by atoms with E-state index in [-0.39, 0.29) is 11.5 Å². The van der Waals surface area contributed by atoms with Gasteiger partial charge in [-0.2, -0.15) is 0 Å². The van der Waals surface area contributed by atoms with Crippen LogP contribution >= 0.6 is 0 Å². The van der Waals surface area contributed by atoms with Crippen molar-refractivity contribution in [1.82, 2.24) is 4.98 Å². The highest BCUT2D eigenvalue weighted by atomic mass is 16.3. The van der Waals surface area contributed by atoms with Crippen LogP contribution in [0.5, 0.6) is 11.5 Å². The molecule has 2 N–H and O–H groups in total. The van der Waals surface area contributed by atoms with E-state index in [1.807, 2.05) is 18.2 Å². The van der Waals surface area contributed by atoms with Crippen molar-refractivity contribution in [3.05, 3.63) is 41.0 Å². The molecule has 1 aliphatic rings. The van der Waals surface area contributed by atoms with Gasteiger partial charge in [0.15, 0.2) is 0 Å². The zero-order chi connectivity index (χ0) is 13.2. The molecule has 0 atom stereocenters. The number of allylic oxidation sites excluding steroid dienone is 2. The molecule has 0 saturated carbocycles. The molecule has 0 saturated heterocycles. The lowest BCUT2D eigenvalue weighted by Gasteiger charge is -2.06. The number of aromatic hydroxyl groups is 2. The molecule has 0 amide bonds. The quantitative estimate of drug-likeness (QED) is 0.706. The fraction of sp³-hybridized carbons (Fsp3) is 0.188. The number of nitrogens with zero attached hydrogens (tertiary/aromatic N) is 1. The Hall–Kier alpha value is -2.29. The number of aromatic nitrogens is 1. The van der Waals surface area contributed by atoms with E-state index in [4.69, 9.17) is 0 Å². The minimum Gasteiger partial charge on any atom is -0.507 e. The monoisotopic (exact) mass is 253 g/mol. The highest BCUT2D eigenvalue weighted by Crippen LogP contribution is 2.25. The Kier molecular flexibility index (Phi) is 2.95. The maximum atomic E-state index is 10.4. The Morgan fingerprint density at radius 1 is 1.00 bits per heavy atom. The number of hydrogen-bond donors (Lipinski definition) is 2. The average Bonchev–Trinajstić information content (AvgIpc) is 2.56. The summed E-state index contributed by atoms with van der Waals surface area (Å²) in [5.74, 6) is 0.399. The number of phenolic OH excluding ortho intramolecular Hbond substituents is 2. The fourth-order valence-corrected chi connectivity index (χ4v) is 2.45. The van der Waals surface area contributed by atoms with E-state index in [9.17, 15) is 10.2 Å². The van der Waals surface area contributed by atoms with Crippen molar-refractivity contribution in [2.75, 3.05) is 0 Å². The van der Waals surface area contributed by atoms with E-state index in [1.165, 1.54) is 0 Å². The maximum Gasteiger partial charge on any atom is 0.133 e. The van der Waals surface area contributed by atoms with Gasteiger partial charge in [-0.05, 0) is 25.3 Å². The summed E-state index contributed by atoms with van der Waals surface area (Å²) < 4.78 is 0. The summed E-state index contributed by atoms with van der Waals surface area (Å²) in [5, 5.41) is 23.4. The standard InChI is InChI=1S/C16H15NO2/c18-15-11-6-4-2-1-3-5-7-12(11)16(19)14-10-17-9-8-13(14)15/h3,5-10,18-19H,1-2,4H2/b5-3-,11-6+,12-7+. The van der Waals surface area contributed by atoms with Gasteiger partial charge in [-0.25, -0.2) is 0 Å². The van der Waals surface area contributed by atoms with Gasteiger partial charge in [0.25, 0.3) is 0 Å². The van der Waals surface area contributed by atoms with Crippen molar-refractivity contribution in [2.45, 2.75) is 19.3 Å². The Bertz CT molecular complexity index is 775. The molecule has 3 rings (SSSR count). The van der Waals surface area contributed by atoms with Crippen LogP contribution in [0.2, 0.25) is 0 Å². The molecule has 0 spiro atoms.